The van der Waals surface area contributed by atoms with E-state index < -0.39 is 5.97 Å². The maximum Gasteiger partial charge on any atom is 0.356 e. The van der Waals surface area contributed by atoms with E-state index in [0.29, 0.717) is 0 Å². The van der Waals surface area contributed by atoms with Crippen LogP contribution in [-0.4, -0.2) is 26.3 Å². The van der Waals surface area contributed by atoms with Crippen molar-refractivity contribution in [1.82, 2.24) is 9.97 Å². The van der Waals surface area contributed by atoms with Gasteiger partial charge in [0.15, 0.2) is 11.5 Å². The fraction of sp³-hybridized carbons (Fsp3) is 0. The Morgan fingerprint density at radius 2 is 2.27 bits per heavy atom. The largest absolute Gasteiger partial charge is 0.476 e. The molecule has 3 N–H and O–H groups in total. The average Bonchev–Trinajstić information content (AvgIpc) is 2.05. The SMILES string of the molecule is O=C(O)c1cncc(NO)n1. The highest BCUT2D eigenvalue weighted by Gasteiger charge is 2.04. The van der Waals surface area contributed by atoms with Crippen molar-refractivity contribution in [3.63, 3.8) is 0 Å². The Kier molecular flexibility index (Phi) is 1.98. The molecule has 6 heteroatoms. The average molecular weight is 155 g/mol. The van der Waals surface area contributed by atoms with Crippen LogP contribution in [0.3, 0.4) is 0 Å². The number of aromatic nitrogens is 2. The Bertz CT molecular complexity index is 275. The van der Waals surface area contributed by atoms with E-state index in [0.717, 1.165) is 6.20 Å². The van der Waals surface area contributed by atoms with Crippen molar-refractivity contribution >= 4 is 11.8 Å². The standard InChI is InChI=1S/C5H5N3O3/c9-5(10)3-1-6-2-4(7-3)8-11/h1-2,11H,(H,7,8)(H,9,10). The Labute approximate surface area is 61.5 Å². The number of rotatable bonds is 2. The first kappa shape index (κ1) is 7.42. The molecule has 0 saturated carbocycles. The number of aromatic carboxylic acids is 1. The van der Waals surface area contributed by atoms with Crippen LogP contribution in [0.5, 0.6) is 0 Å². The second-order valence-corrected chi connectivity index (χ2v) is 1.71. The van der Waals surface area contributed by atoms with E-state index in [1.54, 1.807) is 5.48 Å². The van der Waals surface area contributed by atoms with E-state index in [9.17, 15) is 4.79 Å². The lowest BCUT2D eigenvalue weighted by molar-refractivity contribution is 0.0690. The van der Waals surface area contributed by atoms with Gasteiger partial charge in [-0.25, -0.2) is 9.78 Å². The molecule has 1 heterocycles. The predicted molar refractivity (Wildman–Crippen MR) is 34.4 cm³/mol. The van der Waals surface area contributed by atoms with Crippen molar-refractivity contribution in [3.05, 3.63) is 18.1 Å². The zero-order valence-corrected chi connectivity index (χ0v) is 5.35. The van der Waals surface area contributed by atoms with Gasteiger partial charge in [0.25, 0.3) is 0 Å². The Morgan fingerprint density at radius 3 is 2.82 bits per heavy atom. The van der Waals surface area contributed by atoms with E-state index in [1.807, 2.05) is 0 Å². The molecule has 0 bridgehead atoms. The predicted octanol–water partition coefficient (Wildman–Crippen LogP) is -0.0241. The fourth-order valence-corrected chi connectivity index (χ4v) is 0.523. The van der Waals surface area contributed by atoms with Gasteiger partial charge >= 0.3 is 5.97 Å². The first-order chi connectivity index (χ1) is 5.24. The van der Waals surface area contributed by atoms with E-state index in [2.05, 4.69) is 9.97 Å². The van der Waals surface area contributed by atoms with Crippen molar-refractivity contribution in [3.8, 4) is 0 Å². The van der Waals surface area contributed by atoms with Crippen molar-refractivity contribution in [2.75, 3.05) is 5.48 Å². The van der Waals surface area contributed by atoms with Gasteiger partial charge in [0.1, 0.15) is 0 Å². The molecule has 1 rings (SSSR count). The lowest BCUT2D eigenvalue weighted by atomic mass is 10.4. The summed E-state index contributed by atoms with van der Waals surface area (Å²) in [4.78, 5) is 17.2. The number of hydrogen-bond acceptors (Lipinski definition) is 5. The van der Waals surface area contributed by atoms with Gasteiger partial charge in [-0.15, -0.1) is 0 Å². The van der Waals surface area contributed by atoms with Crippen LogP contribution in [0.2, 0.25) is 0 Å². The normalized spacial score (nSPS) is 9.18. The second kappa shape index (κ2) is 2.93. The molecule has 0 radical (unpaired) electrons. The van der Waals surface area contributed by atoms with Crippen molar-refractivity contribution in [2.45, 2.75) is 0 Å². The number of carboxylic acids is 1. The third-order valence-corrected chi connectivity index (χ3v) is 0.968. The molecule has 0 aromatic carbocycles. The van der Waals surface area contributed by atoms with Gasteiger partial charge in [-0.2, -0.15) is 0 Å². The molecule has 0 spiro atoms. The smallest absolute Gasteiger partial charge is 0.356 e. The maximum absolute atomic E-state index is 10.3. The van der Waals surface area contributed by atoms with Gasteiger partial charge < -0.3 is 5.11 Å². The van der Waals surface area contributed by atoms with Gasteiger partial charge in [0.05, 0.1) is 12.4 Å². The summed E-state index contributed by atoms with van der Waals surface area (Å²) >= 11 is 0. The van der Waals surface area contributed by atoms with Crippen molar-refractivity contribution < 1.29 is 15.1 Å². The quantitative estimate of drug-likeness (QED) is 0.519. The minimum Gasteiger partial charge on any atom is -0.476 e. The van der Waals surface area contributed by atoms with E-state index in [4.69, 9.17) is 10.3 Å². The van der Waals surface area contributed by atoms with E-state index in [-0.39, 0.29) is 11.5 Å². The second-order valence-electron chi connectivity index (χ2n) is 1.71. The molecule has 0 saturated heterocycles. The Balaban J connectivity index is 3.01. The molecule has 1 aromatic heterocycles. The van der Waals surface area contributed by atoms with E-state index in [1.165, 1.54) is 6.20 Å². The third-order valence-electron chi connectivity index (χ3n) is 0.968. The zero-order chi connectivity index (χ0) is 8.27. The van der Waals surface area contributed by atoms with Gasteiger partial charge in [0, 0.05) is 0 Å². The van der Waals surface area contributed by atoms with Crippen LogP contribution >= 0.6 is 0 Å². The summed E-state index contributed by atoms with van der Waals surface area (Å²) in [6.07, 6.45) is 2.29. The lowest BCUT2D eigenvalue weighted by Gasteiger charge is -1.96. The highest BCUT2D eigenvalue weighted by atomic mass is 16.5. The van der Waals surface area contributed by atoms with Crippen LogP contribution in [0.1, 0.15) is 10.5 Å². The van der Waals surface area contributed by atoms with Crippen LogP contribution in [0, 0.1) is 0 Å². The minimum atomic E-state index is -1.19. The van der Waals surface area contributed by atoms with Gasteiger partial charge in [0.2, 0.25) is 0 Å². The molecular formula is C5H5N3O3. The Hall–Kier alpha value is -1.69. The van der Waals surface area contributed by atoms with Crippen molar-refractivity contribution in [2.24, 2.45) is 0 Å². The molecule has 11 heavy (non-hydrogen) atoms. The molecule has 0 amide bonds. The molecule has 0 aliphatic heterocycles. The minimum absolute atomic E-state index is 0.00454. The topological polar surface area (TPSA) is 95.3 Å². The summed E-state index contributed by atoms with van der Waals surface area (Å²) < 4.78 is 0. The molecule has 1 aromatic rings. The van der Waals surface area contributed by atoms with E-state index >= 15 is 0 Å². The highest BCUT2D eigenvalue weighted by molar-refractivity contribution is 5.85. The molecule has 0 aliphatic carbocycles. The fourth-order valence-electron chi connectivity index (χ4n) is 0.523. The van der Waals surface area contributed by atoms with Crippen LogP contribution < -0.4 is 5.48 Å². The molecule has 58 valence electrons. The van der Waals surface area contributed by atoms with Crippen LogP contribution in [0.4, 0.5) is 5.82 Å². The van der Waals surface area contributed by atoms with Crippen LogP contribution in [0.25, 0.3) is 0 Å². The number of hydrogen-bond donors (Lipinski definition) is 3. The highest BCUT2D eigenvalue weighted by Crippen LogP contribution is 1.99. The molecule has 6 nitrogen and oxygen atoms in total. The lowest BCUT2D eigenvalue weighted by Crippen LogP contribution is -2.03. The number of nitrogens with zero attached hydrogens (tertiary/aromatic N) is 2. The zero-order valence-electron chi connectivity index (χ0n) is 5.35. The maximum atomic E-state index is 10.3. The first-order valence-corrected chi connectivity index (χ1v) is 2.69. The summed E-state index contributed by atoms with van der Waals surface area (Å²) in [6, 6.07) is 0. The van der Waals surface area contributed by atoms with Crippen LogP contribution in [-0.2, 0) is 0 Å². The molecule has 0 unspecified atom stereocenters. The molecular weight excluding hydrogens is 150 g/mol. The van der Waals surface area contributed by atoms with Gasteiger partial charge in [-0.05, 0) is 0 Å². The molecule has 0 fully saturated rings. The van der Waals surface area contributed by atoms with Crippen molar-refractivity contribution in [1.29, 1.82) is 0 Å². The monoisotopic (exact) mass is 155 g/mol. The summed E-state index contributed by atoms with van der Waals surface area (Å²) in [5, 5.41) is 16.7. The molecule has 0 aliphatic rings. The van der Waals surface area contributed by atoms with Gasteiger partial charge in [-0.1, -0.05) is 0 Å². The number of anilines is 1. The summed E-state index contributed by atoms with van der Waals surface area (Å²) in [7, 11) is 0. The first-order valence-electron chi connectivity index (χ1n) is 2.69. The number of nitrogens with one attached hydrogen (secondary N) is 1. The number of carbonyl (C=O) groups is 1. The summed E-state index contributed by atoms with van der Waals surface area (Å²) in [5.74, 6) is -1.18. The summed E-state index contributed by atoms with van der Waals surface area (Å²) in [6.45, 7) is 0. The van der Waals surface area contributed by atoms with Gasteiger partial charge in [-0.3, -0.25) is 15.7 Å². The third kappa shape index (κ3) is 1.62. The number of carboxylic acid groups (broad SMARTS) is 1. The van der Waals surface area contributed by atoms with Crippen LogP contribution in [0.15, 0.2) is 12.4 Å². The molecule has 0 atom stereocenters. The summed E-state index contributed by atoms with van der Waals surface area (Å²) in [5.41, 5.74) is 1.47. The Morgan fingerprint density at radius 1 is 1.55 bits per heavy atom.